The van der Waals surface area contributed by atoms with Crippen LogP contribution in [0.1, 0.15) is 10.5 Å². The maximum absolute atomic E-state index is 12.2. The van der Waals surface area contributed by atoms with E-state index in [2.05, 4.69) is 4.98 Å². The second-order valence-electron chi connectivity index (χ2n) is 4.40. The van der Waals surface area contributed by atoms with Gasteiger partial charge in [0.15, 0.2) is 5.69 Å². The number of rotatable bonds is 2. The summed E-state index contributed by atoms with van der Waals surface area (Å²) in [5.74, 6) is -0.258. The Bertz CT molecular complexity index is 579. The topological polar surface area (TPSA) is 96.6 Å². The molecule has 1 aromatic heterocycles. The van der Waals surface area contributed by atoms with E-state index in [0.29, 0.717) is 31.9 Å². The van der Waals surface area contributed by atoms with Crippen molar-refractivity contribution in [3.8, 4) is 0 Å². The number of nitrogen functional groups attached to an aromatic ring is 1. The first-order valence-corrected chi connectivity index (χ1v) is 7.69. The van der Waals surface area contributed by atoms with Gasteiger partial charge in [0.25, 0.3) is 5.91 Å². The minimum absolute atomic E-state index is 0.218. The third kappa shape index (κ3) is 3.02. The van der Waals surface area contributed by atoms with Gasteiger partial charge in [-0.1, -0.05) is 0 Å². The van der Waals surface area contributed by atoms with Gasteiger partial charge in [0.05, 0.1) is 11.9 Å². The van der Waals surface area contributed by atoms with Gasteiger partial charge in [0, 0.05) is 32.4 Å². The minimum Gasteiger partial charge on any atom is -0.397 e. The van der Waals surface area contributed by atoms with Crippen LogP contribution in [0.3, 0.4) is 0 Å². The highest BCUT2D eigenvalue weighted by molar-refractivity contribution is 7.88. The maximum atomic E-state index is 12.2. The molecule has 0 aliphatic carbocycles. The molecule has 0 unspecified atom stereocenters. The number of anilines is 1. The van der Waals surface area contributed by atoms with Gasteiger partial charge in [0.2, 0.25) is 10.0 Å². The zero-order valence-electron chi connectivity index (χ0n) is 10.6. The van der Waals surface area contributed by atoms with Gasteiger partial charge in [-0.15, -0.1) is 0 Å². The summed E-state index contributed by atoms with van der Waals surface area (Å²) in [6.07, 6.45) is 2.68. The smallest absolute Gasteiger partial charge is 0.274 e. The molecule has 1 fully saturated rings. The van der Waals surface area contributed by atoms with E-state index in [-0.39, 0.29) is 11.6 Å². The van der Waals surface area contributed by atoms with Crippen LogP contribution in [0.5, 0.6) is 0 Å². The normalized spacial score (nSPS) is 17.4. The van der Waals surface area contributed by atoms with E-state index in [1.54, 1.807) is 17.0 Å². The van der Waals surface area contributed by atoms with Crippen LogP contribution in [0.25, 0.3) is 0 Å². The summed E-state index contributed by atoms with van der Waals surface area (Å²) in [5.41, 5.74) is 6.26. The number of aromatic nitrogens is 1. The number of pyridine rings is 1. The molecule has 104 valence electrons. The molecule has 1 amide bonds. The molecular formula is C11H16N4O3S. The number of amides is 1. The Labute approximate surface area is 112 Å². The van der Waals surface area contributed by atoms with Crippen LogP contribution >= 0.6 is 0 Å². The molecule has 19 heavy (non-hydrogen) atoms. The molecule has 2 N–H and O–H groups in total. The van der Waals surface area contributed by atoms with Crippen molar-refractivity contribution in [3.63, 3.8) is 0 Å². The Morgan fingerprint density at radius 3 is 2.47 bits per heavy atom. The van der Waals surface area contributed by atoms with E-state index in [9.17, 15) is 13.2 Å². The number of carbonyl (C=O) groups excluding carboxylic acids is 1. The Morgan fingerprint density at radius 1 is 1.32 bits per heavy atom. The van der Waals surface area contributed by atoms with Gasteiger partial charge in [-0.3, -0.25) is 4.79 Å². The predicted octanol–water partition coefficient (Wildman–Crippen LogP) is -0.619. The summed E-state index contributed by atoms with van der Waals surface area (Å²) in [6.45, 7) is 1.30. The third-order valence-electron chi connectivity index (χ3n) is 3.04. The molecule has 0 atom stereocenters. The highest BCUT2D eigenvalue weighted by atomic mass is 32.2. The number of hydrogen-bond donors (Lipinski definition) is 1. The SMILES string of the molecule is CS(=O)(=O)N1CCN(C(=O)c2ncccc2N)CC1. The second kappa shape index (κ2) is 5.14. The molecule has 0 spiro atoms. The maximum Gasteiger partial charge on any atom is 0.274 e. The fourth-order valence-corrected chi connectivity index (χ4v) is 2.80. The lowest BCUT2D eigenvalue weighted by atomic mass is 10.2. The number of sulfonamides is 1. The molecule has 0 radical (unpaired) electrons. The van der Waals surface area contributed by atoms with Crippen molar-refractivity contribution in [3.05, 3.63) is 24.0 Å². The molecule has 0 bridgehead atoms. The van der Waals surface area contributed by atoms with Gasteiger partial charge >= 0.3 is 0 Å². The van der Waals surface area contributed by atoms with E-state index < -0.39 is 10.0 Å². The number of nitrogens with two attached hydrogens (primary N) is 1. The predicted molar refractivity (Wildman–Crippen MR) is 71.0 cm³/mol. The van der Waals surface area contributed by atoms with Crippen molar-refractivity contribution >= 4 is 21.6 Å². The monoisotopic (exact) mass is 284 g/mol. The number of carbonyl (C=O) groups is 1. The van der Waals surface area contributed by atoms with Gasteiger partial charge in [0.1, 0.15) is 0 Å². The van der Waals surface area contributed by atoms with Crippen molar-refractivity contribution in [1.29, 1.82) is 0 Å². The Morgan fingerprint density at radius 2 is 1.95 bits per heavy atom. The average Bonchev–Trinajstić information content (AvgIpc) is 2.38. The molecule has 2 heterocycles. The van der Waals surface area contributed by atoms with Gasteiger partial charge in [-0.2, -0.15) is 4.31 Å². The van der Waals surface area contributed by atoms with Crippen LogP contribution in [0.2, 0.25) is 0 Å². The van der Waals surface area contributed by atoms with Crippen LogP contribution in [0, 0.1) is 0 Å². The first kappa shape index (κ1) is 13.8. The van der Waals surface area contributed by atoms with Crippen LogP contribution in [-0.4, -0.2) is 60.9 Å². The van der Waals surface area contributed by atoms with E-state index >= 15 is 0 Å². The summed E-state index contributed by atoms with van der Waals surface area (Å²) in [6, 6.07) is 3.28. The van der Waals surface area contributed by atoms with E-state index in [1.165, 1.54) is 16.8 Å². The average molecular weight is 284 g/mol. The zero-order valence-corrected chi connectivity index (χ0v) is 11.4. The number of piperazine rings is 1. The molecule has 1 aromatic rings. The lowest BCUT2D eigenvalue weighted by Crippen LogP contribution is -2.50. The number of nitrogens with zero attached hydrogens (tertiary/aromatic N) is 3. The quantitative estimate of drug-likeness (QED) is 0.781. The van der Waals surface area contributed by atoms with Crippen molar-refractivity contribution in [2.45, 2.75) is 0 Å². The third-order valence-corrected chi connectivity index (χ3v) is 4.34. The number of hydrogen-bond acceptors (Lipinski definition) is 5. The molecule has 1 aliphatic rings. The molecule has 1 aliphatic heterocycles. The van der Waals surface area contributed by atoms with Crippen LogP contribution in [-0.2, 0) is 10.0 Å². The lowest BCUT2D eigenvalue weighted by Gasteiger charge is -2.33. The standard InChI is InChI=1S/C11H16N4O3S/c1-19(17,18)15-7-5-14(6-8-15)11(16)10-9(12)3-2-4-13-10/h2-4H,5-8,12H2,1H3. The fourth-order valence-electron chi connectivity index (χ4n) is 1.97. The summed E-state index contributed by atoms with van der Waals surface area (Å²) < 4.78 is 24.1. The molecule has 0 saturated carbocycles. The zero-order chi connectivity index (χ0) is 14.0. The summed E-state index contributed by atoms with van der Waals surface area (Å²) in [4.78, 5) is 17.7. The Balaban J connectivity index is 2.07. The van der Waals surface area contributed by atoms with E-state index in [4.69, 9.17) is 5.73 Å². The molecular weight excluding hydrogens is 268 g/mol. The largest absolute Gasteiger partial charge is 0.397 e. The highest BCUT2D eigenvalue weighted by Crippen LogP contribution is 2.13. The molecule has 2 rings (SSSR count). The van der Waals surface area contributed by atoms with Crippen molar-refractivity contribution in [2.24, 2.45) is 0 Å². The van der Waals surface area contributed by atoms with E-state index in [0.717, 1.165) is 0 Å². The lowest BCUT2D eigenvalue weighted by molar-refractivity contribution is 0.0693. The first-order chi connectivity index (χ1) is 8.89. The van der Waals surface area contributed by atoms with Gasteiger partial charge < -0.3 is 10.6 Å². The molecule has 8 heteroatoms. The van der Waals surface area contributed by atoms with Gasteiger partial charge in [-0.05, 0) is 12.1 Å². The Hall–Kier alpha value is -1.67. The van der Waals surface area contributed by atoms with E-state index in [1.807, 2.05) is 0 Å². The van der Waals surface area contributed by atoms with Crippen LogP contribution < -0.4 is 5.73 Å². The van der Waals surface area contributed by atoms with Crippen molar-refractivity contribution < 1.29 is 13.2 Å². The van der Waals surface area contributed by atoms with Crippen molar-refractivity contribution in [1.82, 2.24) is 14.2 Å². The van der Waals surface area contributed by atoms with Gasteiger partial charge in [-0.25, -0.2) is 13.4 Å². The molecule has 1 saturated heterocycles. The molecule has 7 nitrogen and oxygen atoms in total. The summed E-state index contributed by atoms with van der Waals surface area (Å²) in [7, 11) is -3.19. The Kier molecular flexibility index (Phi) is 3.72. The van der Waals surface area contributed by atoms with Crippen molar-refractivity contribution in [2.75, 3.05) is 38.2 Å². The second-order valence-corrected chi connectivity index (χ2v) is 6.38. The first-order valence-electron chi connectivity index (χ1n) is 5.84. The fraction of sp³-hybridized carbons (Fsp3) is 0.455. The highest BCUT2D eigenvalue weighted by Gasteiger charge is 2.27. The van der Waals surface area contributed by atoms with Crippen LogP contribution in [0.15, 0.2) is 18.3 Å². The molecule has 0 aromatic carbocycles. The van der Waals surface area contributed by atoms with Crippen LogP contribution in [0.4, 0.5) is 5.69 Å². The minimum atomic E-state index is -3.19. The summed E-state index contributed by atoms with van der Waals surface area (Å²) >= 11 is 0. The summed E-state index contributed by atoms with van der Waals surface area (Å²) in [5, 5.41) is 0.